The van der Waals surface area contributed by atoms with Gasteiger partial charge in [-0.25, -0.2) is 0 Å². The number of Topliss-reactive ketones (excluding diaryl/α,β-unsaturated/α-hetero) is 2. The minimum absolute atomic E-state index is 0.0982. The van der Waals surface area contributed by atoms with E-state index in [9.17, 15) is 9.59 Å². The van der Waals surface area contributed by atoms with E-state index in [4.69, 9.17) is 4.74 Å². The van der Waals surface area contributed by atoms with Crippen molar-refractivity contribution in [3.63, 3.8) is 0 Å². The number of ketones is 2. The number of hydrogen-bond acceptors (Lipinski definition) is 3. The number of benzene rings is 1. The quantitative estimate of drug-likeness (QED) is 0.545. The molecule has 3 heteroatoms. The highest BCUT2D eigenvalue weighted by atomic mass is 16.5. The van der Waals surface area contributed by atoms with Crippen molar-refractivity contribution in [2.24, 2.45) is 0 Å². The Morgan fingerprint density at radius 3 is 2.40 bits per heavy atom. The van der Waals surface area contributed by atoms with E-state index < -0.39 is 6.10 Å². The number of rotatable bonds is 5. The second kappa shape index (κ2) is 5.41. The lowest BCUT2D eigenvalue weighted by Crippen LogP contribution is -2.22. The maximum atomic E-state index is 11.6. The lowest BCUT2D eigenvalue weighted by Gasteiger charge is -2.07. The average Bonchev–Trinajstić information content (AvgIpc) is 2.29. The van der Waals surface area contributed by atoms with Crippen molar-refractivity contribution in [3.8, 4) is 0 Å². The first-order valence-corrected chi connectivity index (χ1v) is 4.79. The molecule has 1 unspecified atom stereocenters. The Morgan fingerprint density at radius 1 is 1.27 bits per heavy atom. The molecular weight excluding hydrogens is 192 g/mol. The van der Waals surface area contributed by atoms with Crippen molar-refractivity contribution in [1.82, 2.24) is 0 Å². The molecule has 0 aliphatic heterocycles. The standard InChI is InChI=1S/C12H14O3/c1-9(15-2)11(13)8-12(14)10-6-4-3-5-7-10/h3-7,9H,8H2,1-2H3. The van der Waals surface area contributed by atoms with Crippen LogP contribution >= 0.6 is 0 Å². The van der Waals surface area contributed by atoms with Crippen LogP contribution in [0.5, 0.6) is 0 Å². The Bertz CT molecular complexity index is 343. The third-order valence-electron chi connectivity index (χ3n) is 2.24. The zero-order valence-electron chi connectivity index (χ0n) is 8.90. The van der Waals surface area contributed by atoms with Gasteiger partial charge in [-0.3, -0.25) is 9.59 Å². The number of methoxy groups -OCH3 is 1. The molecule has 80 valence electrons. The summed E-state index contributed by atoms with van der Waals surface area (Å²) in [5, 5.41) is 0. The first-order valence-electron chi connectivity index (χ1n) is 4.79. The van der Waals surface area contributed by atoms with E-state index in [1.165, 1.54) is 7.11 Å². The van der Waals surface area contributed by atoms with Crippen LogP contribution < -0.4 is 0 Å². The van der Waals surface area contributed by atoms with E-state index in [1.807, 2.05) is 6.07 Å². The predicted octanol–water partition coefficient (Wildman–Crippen LogP) is 1.86. The van der Waals surface area contributed by atoms with Gasteiger partial charge in [-0.15, -0.1) is 0 Å². The first kappa shape index (κ1) is 11.6. The molecule has 0 aromatic heterocycles. The molecule has 15 heavy (non-hydrogen) atoms. The lowest BCUT2D eigenvalue weighted by molar-refractivity contribution is -0.126. The fraction of sp³-hybridized carbons (Fsp3) is 0.333. The van der Waals surface area contributed by atoms with Crippen molar-refractivity contribution in [1.29, 1.82) is 0 Å². The SMILES string of the molecule is COC(C)C(=O)CC(=O)c1ccccc1. The van der Waals surface area contributed by atoms with E-state index in [0.29, 0.717) is 5.56 Å². The Balaban J connectivity index is 2.61. The van der Waals surface area contributed by atoms with E-state index in [2.05, 4.69) is 0 Å². The van der Waals surface area contributed by atoms with Gasteiger partial charge in [0, 0.05) is 12.7 Å². The van der Waals surface area contributed by atoms with E-state index in [-0.39, 0.29) is 18.0 Å². The maximum absolute atomic E-state index is 11.6. The minimum Gasteiger partial charge on any atom is -0.374 e. The highest BCUT2D eigenvalue weighted by Crippen LogP contribution is 2.05. The third-order valence-corrected chi connectivity index (χ3v) is 2.24. The van der Waals surface area contributed by atoms with E-state index >= 15 is 0 Å². The number of carbonyl (C=O) groups is 2. The largest absolute Gasteiger partial charge is 0.374 e. The molecule has 0 radical (unpaired) electrons. The van der Waals surface area contributed by atoms with Gasteiger partial charge in [0.1, 0.15) is 6.10 Å². The summed E-state index contributed by atoms with van der Waals surface area (Å²) in [4.78, 5) is 23.0. The van der Waals surface area contributed by atoms with Crippen LogP contribution in [0.1, 0.15) is 23.7 Å². The van der Waals surface area contributed by atoms with Crippen molar-refractivity contribution in [2.45, 2.75) is 19.4 Å². The molecule has 3 nitrogen and oxygen atoms in total. The zero-order valence-corrected chi connectivity index (χ0v) is 8.90. The van der Waals surface area contributed by atoms with Crippen molar-refractivity contribution in [3.05, 3.63) is 35.9 Å². The highest BCUT2D eigenvalue weighted by molar-refractivity contribution is 6.09. The van der Waals surface area contributed by atoms with Gasteiger partial charge >= 0.3 is 0 Å². The second-order valence-corrected chi connectivity index (χ2v) is 3.31. The smallest absolute Gasteiger partial charge is 0.170 e. The van der Waals surface area contributed by atoms with Gasteiger partial charge < -0.3 is 4.74 Å². The fourth-order valence-corrected chi connectivity index (χ4v) is 1.16. The first-order chi connectivity index (χ1) is 7.15. The number of hydrogen-bond donors (Lipinski definition) is 0. The van der Waals surface area contributed by atoms with Crippen LogP contribution in [0.4, 0.5) is 0 Å². The summed E-state index contributed by atoms with van der Waals surface area (Å²) in [6.45, 7) is 1.64. The lowest BCUT2D eigenvalue weighted by atomic mass is 10.0. The summed E-state index contributed by atoms with van der Waals surface area (Å²) in [6.07, 6.45) is -0.614. The molecule has 0 amide bonds. The van der Waals surface area contributed by atoms with Crippen LogP contribution in [0.15, 0.2) is 30.3 Å². The molecule has 0 saturated heterocycles. The summed E-state index contributed by atoms with van der Waals surface area (Å²) in [7, 11) is 1.45. The number of carbonyl (C=O) groups excluding carboxylic acids is 2. The second-order valence-electron chi connectivity index (χ2n) is 3.31. The van der Waals surface area contributed by atoms with Crippen molar-refractivity contribution in [2.75, 3.05) is 7.11 Å². The molecule has 0 N–H and O–H groups in total. The molecule has 1 rings (SSSR count). The van der Waals surface area contributed by atoms with Crippen LogP contribution in [0.2, 0.25) is 0 Å². The maximum Gasteiger partial charge on any atom is 0.170 e. The Kier molecular flexibility index (Phi) is 4.18. The van der Waals surface area contributed by atoms with Gasteiger partial charge in [0.05, 0.1) is 6.42 Å². The van der Waals surface area contributed by atoms with Crippen molar-refractivity contribution >= 4 is 11.6 Å². The molecular formula is C12H14O3. The molecule has 0 spiro atoms. The molecule has 0 heterocycles. The fourth-order valence-electron chi connectivity index (χ4n) is 1.16. The normalized spacial score (nSPS) is 12.1. The molecule has 0 saturated carbocycles. The van der Waals surface area contributed by atoms with Crippen LogP contribution in [0, 0.1) is 0 Å². The Morgan fingerprint density at radius 2 is 1.87 bits per heavy atom. The molecule has 1 aromatic carbocycles. The molecule has 0 fully saturated rings. The van der Waals surface area contributed by atoms with Crippen LogP contribution in [-0.2, 0) is 9.53 Å². The van der Waals surface area contributed by atoms with Gasteiger partial charge in [-0.2, -0.15) is 0 Å². The molecule has 0 bridgehead atoms. The summed E-state index contributed by atoms with van der Waals surface area (Å²) in [5.41, 5.74) is 0.564. The monoisotopic (exact) mass is 206 g/mol. The van der Waals surface area contributed by atoms with Gasteiger partial charge in [-0.1, -0.05) is 30.3 Å². The van der Waals surface area contributed by atoms with Crippen molar-refractivity contribution < 1.29 is 14.3 Å². The van der Waals surface area contributed by atoms with Crippen LogP contribution in [-0.4, -0.2) is 24.8 Å². The summed E-state index contributed by atoms with van der Waals surface area (Å²) in [5.74, 6) is -0.351. The van der Waals surface area contributed by atoms with E-state index in [0.717, 1.165) is 0 Å². The molecule has 0 aliphatic carbocycles. The van der Waals surface area contributed by atoms with Crippen LogP contribution in [0.3, 0.4) is 0 Å². The van der Waals surface area contributed by atoms with Gasteiger partial charge in [0.15, 0.2) is 11.6 Å². The van der Waals surface area contributed by atoms with Crippen LogP contribution in [0.25, 0.3) is 0 Å². The Labute approximate surface area is 89.1 Å². The summed E-state index contributed by atoms with van der Waals surface area (Å²) < 4.78 is 4.85. The third kappa shape index (κ3) is 3.29. The average molecular weight is 206 g/mol. The molecule has 1 atom stereocenters. The number of ether oxygens (including phenoxy) is 1. The van der Waals surface area contributed by atoms with E-state index in [1.54, 1.807) is 31.2 Å². The topological polar surface area (TPSA) is 43.4 Å². The van der Waals surface area contributed by atoms with Gasteiger partial charge in [-0.05, 0) is 6.92 Å². The molecule has 1 aromatic rings. The van der Waals surface area contributed by atoms with Gasteiger partial charge in [0.2, 0.25) is 0 Å². The highest BCUT2D eigenvalue weighted by Gasteiger charge is 2.16. The summed E-state index contributed by atoms with van der Waals surface area (Å²) >= 11 is 0. The molecule has 0 aliphatic rings. The van der Waals surface area contributed by atoms with Gasteiger partial charge in [0.25, 0.3) is 0 Å². The minimum atomic E-state index is -0.516. The summed E-state index contributed by atoms with van der Waals surface area (Å²) in [6, 6.07) is 8.78. The zero-order chi connectivity index (χ0) is 11.3. The Hall–Kier alpha value is -1.48. The predicted molar refractivity (Wildman–Crippen MR) is 56.9 cm³/mol.